The summed E-state index contributed by atoms with van der Waals surface area (Å²) in [5.41, 5.74) is 0. The Kier molecular flexibility index (Phi) is 8.41. The number of hydrogen-bond donors (Lipinski definition) is 0. The Labute approximate surface area is 80.5 Å². The fourth-order valence-electron chi connectivity index (χ4n) is 0.367. The first kappa shape index (κ1) is 10.7. The maximum atomic E-state index is 11.9. The van der Waals surface area contributed by atoms with Gasteiger partial charge in [-0.05, 0) is 18.2 Å². The molecular weight excluding hydrogens is 316 g/mol. The predicted octanol–water partition coefficient (Wildman–Crippen LogP) is 3.31. The van der Waals surface area contributed by atoms with E-state index < -0.39 is 0 Å². The molecule has 0 spiro atoms. The van der Waals surface area contributed by atoms with Gasteiger partial charge in [0, 0.05) is 0 Å². The fraction of sp³-hybridized carbons (Fsp3) is 0. The third kappa shape index (κ3) is 6.85. The summed E-state index contributed by atoms with van der Waals surface area (Å²) < 4.78 is 11.9. The van der Waals surface area contributed by atoms with Crippen LogP contribution in [0.5, 0.6) is 0 Å². The second-order valence-corrected chi connectivity index (χ2v) is 15.4. The molecule has 0 fully saturated rings. The molecule has 0 bridgehead atoms. The van der Waals surface area contributed by atoms with Crippen LogP contribution >= 0.6 is 27.2 Å². The van der Waals surface area contributed by atoms with E-state index in [1.165, 1.54) is 24.3 Å². The molecule has 1 aromatic rings. The monoisotopic (exact) mass is 317 g/mol. The molecule has 0 saturated carbocycles. The van der Waals surface area contributed by atoms with Crippen molar-refractivity contribution in [3.05, 3.63) is 36.1 Å². The number of hydrogen-bond acceptors (Lipinski definition) is 0. The van der Waals surface area contributed by atoms with Crippen LogP contribution in [-0.2, 0) is 13.2 Å². The third-order valence-electron chi connectivity index (χ3n) is 0.678. The van der Waals surface area contributed by atoms with Gasteiger partial charge in [-0.1, -0.05) is 12.1 Å². The summed E-state index contributed by atoms with van der Waals surface area (Å²) in [5, 5.41) is 0. The Morgan fingerprint density at radius 3 is 1.90 bits per heavy atom. The molecule has 51 valence electrons. The average molecular weight is 320 g/mol. The van der Waals surface area contributed by atoms with E-state index in [2.05, 4.69) is 33.3 Å². The SMILES string of the molecule is Fc1cc[c]cc1.[Br][Zn][Br]. The first-order valence-corrected chi connectivity index (χ1v) is 16.4. The zero-order chi connectivity index (χ0) is 7.82. The van der Waals surface area contributed by atoms with Crippen LogP contribution in [-0.4, -0.2) is 0 Å². The summed E-state index contributed by atoms with van der Waals surface area (Å²) in [4.78, 5) is 0. The van der Waals surface area contributed by atoms with Gasteiger partial charge in [0.1, 0.15) is 5.82 Å². The molecule has 0 aliphatic rings. The third-order valence-corrected chi connectivity index (χ3v) is 0.678. The maximum absolute atomic E-state index is 11.9. The van der Waals surface area contributed by atoms with Crippen LogP contribution in [0.25, 0.3) is 0 Å². The van der Waals surface area contributed by atoms with Crippen molar-refractivity contribution in [1.82, 2.24) is 0 Å². The molecule has 0 aliphatic heterocycles. The van der Waals surface area contributed by atoms with Crippen LogP contribution in [0.1, 0.15) is 0 Å². The van der Waals surface area contributed by atoms with Gasteiger partial charge < -0.3 is 0 Å². The molecule has 0 unspecified atom stereocenters. The minimum absolute atomic E-state index is 0.209. The average Bonchev–Trinajstić information content (AvgIpc) is 1.91. The fourth-order valence-corrected chi connectivity index (χ4v) is 0.367. The van der Waals surface area contributed by atoms with Gasteiger partial charge in [0.05, 0.1) is 0 Å². The summed E-state index contributed by atoms with van der Waals surface area (Å²) in [7, 11) is 0. The Morgan fingerprint density at radius 2 is 1.70 bits per heavy atom. The first-order valence-electron chi connectivity index (χ1n) is 2.54. The number of benzene rings is 1. The molecule has 0 saturated heterocycles. The molecule has 0 aromatic heterocycles. The molecular formula is C6H4Br2FZn. The molecule has 1 rings (SSSR count). The Hall–Kier alpha value is 0.733. The van der Waals surface area contributed by atoms with Gasteiger partial charge in [-0.25, -0.2) is 4.39 Å². The second kappa shape index (κ2) is 7.84. The Balaban J connectivity index is 0.000000236. The quantitative estimate of drug-likeness (QED) is 0.644. The van der Waals surface area contributed by atoms with Crippen molar-refractivity contribution in [2.24, 2.45) is 0 Å². The van der Waals surface area contributed by atoms with Gasteiger partial charge in [-0.2, -0.15) is 0 Å². The summed E-state index contributed by atoms with van der Waals surface area (Å²) in [6.07, 6.45) is 0. The molecule has 1 aromatic carbocycles. The van der Waals surface area contributed by atoms with Crippen molar-refractivity contribution in [3.8, 4) is 0 Å². The van der Waals surface area contributed by atoms with Crippen molar-refractivity contribution in [1.29, 1.82) is 0 Å². The summed E-state index contributed by atoms with van der Waals surface area (Å²) in [6.45, 7) is 0. The van der Waals surface area contributed by atoms with E-state index in [0.29, 0.717) is 0 Å². The molecule has 1 radical (unpaired) electrons. The van der Waals surface area contributed by atoms with Gasteiger partial charge >= 0.3 is 40.5 Å². The molecule has 0 nitrogen and oxygen atoms in total. The Morgan fingerprint density at radius 1 is 1.30 bits per heavy atom. The summed E-state index contributed by atoms with van der Waals surface area (Å²) >= 11 is 6.25. The zero-order valence-electron chi connectivity index (χ0n) is 5.15. The Bertz CT molecular complexity index is 157. The van der Waals surface area contributed by atoms with E-state index in [-0.39, 0.29) is 19.0 Å². The van der Waals surface area contributed by atoms with Crippen molar-refractivity contribution in [3.63, 3.8) is 0 Å². The number of rotatable bonds is 0. The van der Waals surface area contributed by atoms with Crippen LogP contribution < -0.4 is 0 Å². The molecule has 0 amide bonds. The molecule has 0 atom stereocenters. The van der Waals surface area contributed by atoms with Crippen LogP contribution in [0.4, 0.5) is 4.39 Å². The molecule has 4 heteroatoms. The topological polar surface area (TPSA) is 0 Å². The van der Waals surface area contributed by atoms with Crippen molar-refractivity contribution >= 4 is 27.2 Å². The van der Waals surface area contributed by atoms with E-state index in [9.17, 15) is 4.39 Å². The minimum atomic E-state index is -0.250. The van der Waals surface area contributed by atoms with Gasteiger partial charge in [0.2, 0.25) is 0 Å². The first-order chi connectivity index (χ1) is 4.81. The van der Waals surface area contributed by atoms with Crippen molar-refractivity contribution in [2.45, 2.75) is 0 Å². The van der Waals surface area contributed by atoms with Gasteiger partial charge in [0.25, 0.3) is 0 Å². The van der Waals surface area contributed by atoms with Crippen molar-refractivity contribution < 1.29 is 17.6 Å². The van der Waals surface area contributed by atoms with Gasteiger partial charge in [0.15, 0.2) is 0 Å². The molecule has 0 heterocycles. The van der Waals surface area contributed by atoms with E-state index in [0.717, 1.165) is 0 Å². The van der Waals surface area contributed by atoms with Crippen molar-refractivity contribution in [2.75, 3.05) is 0 Å². The normalized spacial score (nSPS) is 7.10. The summed E-state index contributed by atoms with van der Waals surface area (Å²) in [5.74, 6) is -0.209. The van der Waals surface area contributed by atoms with Gasteiger partial charge in [-0.3, -0.25) is 0 Å². The van der Waals surface area contributed by atoms with Crippen LogP contribution in [0.15, 0.2) is 24.3 Å². The van der Waals surface area contributed by atoms with Gasteiger partial charge in [-0.15, -0.1) is 0 Å². The van der Waals surface area contributed by atoms with Crippen LogP contribution in [0.3, 0.4) is 0 Å². The van der Waals surface area contributed by atoms with E-state index in [1.807, 2.05) is 0 Å². The van der Waals surface area contributed by atoms with E-state index >= 15 is 0 Å². The van der Waals surface area contributed by atoms with E-state index in [4.69, 9.17) is 0 Å². The van der Waals surface area contributed by atoms with E-state index in [1.54, 1.807) is 0 Å². The zero-order valence-corrected chi connectivity index (χ0v) is 11.3. The molecule has 10 heavy (non-hydrogen) atoms. The predicted molar refractivity (Wildman–Crippen MR) is 43.1 cm³/mol. The molecule has 0 aliphatic carbocycles. The summed E-state index contributed by atoms with van der Waals surface area (Å²) in [6, 6.07) is 8.49. The number of halogens is 3. The second-order valence-electron chi connectivity index (χ2n) is 1.32. The van der Waals surface area contributed by atoms with Crippen LogP contribution in [0, 0.1) is 11.9 Å². The van der Waals surface area contributed by atoms with Crippen LogP contribution in [0.2, 0.25) is 0 Å². The molecule has 0 N–H and O–H groups in total. The standard InChI is InChI=1S/C6H4F.2BrH.Zn/c7-6-4-2-1-3-5-6;;;/h2-5H;2*1H;/q;;;+2/p-2.